The summed E-state index contributed by atoms with van der Waals surface area (Å²) in [6, 6.07) is 4.88. The van der Waals surface area contributed by atoms with Gasteiger partial charge in [0.1, 0.15) is 0 Å². The minimum Gasteiger partial charge on any atom is -0.313 e. The Kier molecular flexibility index (Phi) is 3.37. The summed E-state index contributed by atoms with van der Waals surface area (Å²) >= 11 is 0. The molecule has 2 heteroatoms. The van der Waals surface area contributed by atoms with Crippen LogP contribution >= 0.6 is 0 Å². The van der Waals surface area contributed by atoms with Gasteiger partial charge in [0.2, 0.25) is 0 Å². The molecule has 0 radical (unpaired) electrons. The Morgan fingerprint density at radius 3 is 2.73 bits per heavy atom. The van der Waals surface area contributed by atoms with Crippen LogP contribution in [0.25, 0.3) is 0 Å². The van der Waals surface area contributed by atoms with E-state index < -0.39 is 0 Å². The van der Waals surface area contributed by atoms with E-state index in [0.29, 0.717) is 6.04 Å². The van der Waals surface area contributed by atoms with Crippen LogP contribution in [0.5, 0.6) is 0 Å². The van der Waals surface area contributed by atoms with Crippen LogP contribution in [0.3, 0.4) is 0 Å². The Hall–Kier alpha value is -0.890. The van der Waals surface area contributed by atoms with E-state index in [0.717, 1.165) is 11.6 Å². The van der Waals surface area contributed by atoms with Crippen molar-refractivity contribution in [2.75, 3.05) is 7.05 Å². The van der Waals surface area contributed by atoms with Gasteiger partial charge in [-0.1, -0.05) is 12.8 Å². The largest absolute Gasteiger partial charge is 0.313 e. The molecule has 1 aliphatic rings. The fraction of sp³-hybridized carbons (Fsp3) is 0.615. The highest BCUT2D eigenvalue weighted by atomic mass is 14.9. The second-order valence-corrected chi connectivity index (χ2v) is 4.54. The molecule has 1 N–H and O–H groups in total. The zero-order valence-corrected chi connectivity index (χ0v) is 9.66. The number of hydrogen-bond donors (Lipinski definition) is 1. The average Bonchev–Trinajstić information content (AvgIpc) is 2.72. The topological polar surface area (TPSA) is 24.9 Å². The van der Waals surface area contributed by atoms with E-state index in [2.05, 4.69) is 36.4 Å². The van der Waals surface area contributed by atoms with Crippen molar-refractivity contribution in [2.45, 2.75) is 38.6 Å². The van der Waals surface area contributed by atoms with Gasteiger partial charge in [-0.2, -0.15) is 0 Å². The van der Waals surface area contributed by atoms with Gasteiger partial charge in [-0.3, -0.25) is 4.98 Å². The normalized spacial score (nSPS) is 19.3. The van der Waals surface area contributed by atoms with Gasteiger partial charge in [0.15, 0.2) is 0 Å². The number of pyridine rings is 1. The summed E-state index contributed by atoms with van der Waals surface area (Å²) in [5, 5.41) is 3.46. The molecule has 1 aromatic rings. The molecule has 15 heavy (non-hydrogen) atoms. The molecule has 82 valence electrons. The van der Waals surface area contributed by atoms with Gasteiger partial charge in [0, 0.05) is 17.9 Å². The molecule has 1 atom stereocenters. The predicted octanol–water partition coefficient (Wildman–Crippen LogP) is 2.84. The lowest BCUT2D eigenvalue weighted by Gasteiger charge is -2.23. The standard InChI is InChI=1S/C13H20N2/c1-10-9-12(7-8-15-10)13(14-2)11-5-3-4-6-11/h7-9,11,13-14H,3-6H2,1-2H3. The highest BCUT2D eigenvalue weighted by Crippen LogP contribution is 2.35. The van der Waals surface area contributed by atoms with E-state index in [1.54, 1.807) is 0 Å². The van der Waals surface area contributed by atoms with E-state index in [1.807, 2.05) is 6.20 Å². The summed E-state index contributed by atoms with van der Waals surface area (Å²) in [5.41, 5.74) is 2.52. The van der Waals surface area contributed by atoms with Gasteiger partial charge in [-0.15, -0.1) is 0 Å². The lowest BCUT2D eigenvalue weighted by Crippen LogP contribution is -2.23. The number of rotatable bonds is 3. The highest BCUT2D eigenvalue weighted by Gasteiger charge is 2.24. The lowest BCUT2D eigenvalue weighted by atomic mass is 9.92. The zero-order valence-electron chi connectivity index (χ0n) is 9.66. The molecule has 0 aromatic carbocycles. The third-order valence-corrected chi connectivity index (χ3v) is 3.46. The SMILES string of the molecule is CNC(c1ccnc(C)c1)C1CCCC1. The third-order valence-electron chi connectivity index (χ3n) is 3.46. The molecule has 1 heterocycles. The quantitative estimate of drug-likeness (QED) is 0.819. The third kappa shape index (κ3) is 2.37. The zero-order chi connectivity index (χ0) is 10.7. The number of nitrogens with one attached hydrogen (secondary N) is 1. The van der Waals surface area contributed by atoms with Crippen LogP contribution in [0.4, 0.5) is 0 Å². The van der Waals surface area contributed by atoms with Gasteiger partial charge < -0.3 is 5.32 Å². The van der Waals surface area contributed by atoms with Crippen molar-refractivity contribution in [3.05, 3.63) is 29.6 Å². The van der Waals surface area contributed by atoms with Crippen LogP contribution in [0.15, 0.2) is 18.3 Å². The first-order valence-electron chi connectivity index (χ1n) is 5.91. The number of hydrogen-bond acceptors (Lipinski definition) is 2. The smallest absolute Gasteiger partial charge is 0.0375 e. The first-order chi connectivity index (χ1) is 7.31. The van der Waals surface area contributed by atoms with Crippen molar-refractivity contribution < 1.29 is 0 Å². The van der Waals surface area contributed by atoms with E-state index in [-0.39, 0.29) is 0 Å². The van der Waals surface area contributed by atoms with Gasteiger partial charge in [-0.05, 0) is 50.4 Å². The molecule has 1 unspecified atom stereocenters. The molecule has 0 spiro atoms. The van der Waals surface area contributed by atoms with Crippen molar-refractivity contribution in [2.24, 2.45) is 5.92 Å². The minimum atomic E-state index is 0.522. The van der Waals surface area contributed by atoms with Gasteiger partial charge in [-0.25, -0.2) is 0 Å². The van der Waals surface area contributed by atoms with Crippen molar-refractivity contribution in [3.63, 3.8) is 0 Å². The van der Waals surface area contributed by atoms with Crippen molar-refractivity contribution in [1.29, 1.82) is 0 Å². The Bertz CT molecular complexity index is 316. The fourth-order valence-corrected chi connectivity index (χ4v) is 2.73. The molecule has 1 fully saturated rings. The van der Waals surface area contributed by atoms with Crippen LogP contribution in [-0.4, -0.2) is 12.0 Å². The molecule has 1 aliphatic carbocycles. The Morgan fingerprint density at radius 2 is 2.13 bits per heavy atom. The molecule has 0 saturated heterocycles. The first kappa shape index (κ1) is 10.6. The summed E-state index contributed by atoms with van der Waals surface area (Å²) in [6.07, 6.45) is 7.45. The fourth-order valence-electron chi connectivity index (χ4n) is 2.73. The van der Waals surface area contributed by atoms with E-state index >= 15 is 0 Å². The summed E-state index contributed by atoms with van der Waals surface area (Å²) in [6.45, 7) is 2.06. The molecule has 1 aromatic heterocycles. The maximum atomic E-state index is 4.26. The molecule has 1 saturated carbocycles. The van der Waals surface area contributed by atoms with Crippen LogP contribution in [-0.2, 0) is 0 Å². The van der Waals surface area contributed by atoms with Crippen molar-refractivity contribution >= 4 is 0 Å². The summed E-state index contributed by atoms with van der Waals surface area (Å²) in [5.74, 6) is 0.816. The van der Waals surface area contributed by atoms with Gasteiger partial charge in [0.25, 0.3) is 0 Å². The maximum absolute atomic E-state index is 4.26. The Labute approximate surface area is 92.1 Å². The van der Waals surface area contributed by atoms with E-state index in [9.17, 15) is 0 Å². The lowest BCUT2D eigenvalue weighted by molar-refractivity contribution is 0.390. The molecular weight excluding hydrogens is 184 g/mol. The van der Waals surface area contributed by atoms with E-state index in [1.165, 1.54) is 31.2 Å². The van der Waals surface area contributed by atoms with Crippen LogP contribution in [0.2, 0.25) is 0 Å². The first-order valence-corrected chi connectivity index (χ1v) is 5.91. The number of nitrogens with zero attached hydrogens (tertiary/aromatic N) is 1. The number of aryl methyl sites for hydroxylation is 1. The van der Waals surface area contributed by atoms with Crippen LogP contribution in [0.1, 0.15) is 43.0 Å². The molecule has 0 aliphatic heterocycles. The van der Waals surface area contributed by atoms with Crippen LogP contribution in [0, 0.1) is 12.8 Å². The molecule has 2 nitrogen and oxygen atoms in total. The van der Waals surface area contributed by atoms with Crippen molar-refractivity contribution in [3.8, 4) is 0 Å². The van der Waals surface area contributed by atoms with Gasteiger partial charge >= 0.3 is 0 Å². The predicted molar refractivity (Wildman–Crippen MR) is 62.7 cm³/mol. The molecule has 0 amide bonds. The molecule has 2 rings (SSSR count). The van der Waals surface area contributed by atoms with Crippen LogP contribution < -0.4 is 5.32 Å². The Morgan fingerprint density at radius 1 is 1.40 bits per heavy atom. The average molecular weight is 204 g/mol. The maximum Gasteiger partial charge on any atom is 0.0375 e. The second-order valence-electron chi connectivity index (χ2n) is 4.54. The Balaban J connectivity index is 2.18. The summed E-state index contributed by atoms with van der Waals surface area (Å²) < 4.78 is 0. The second kappa shape index (κ2) is 4.75. The number of aromatic nitrogens is 1. The van der Waals surface area contributed by atoms with Crippen molar-refractivity contribution in [1.82, 2.24) is 10.3 Å². The molecule has 0 bridgehead atoms. The molecular formula is C13H20N2. The monoisotopic (exact) mass is 204 g/mol. The van der Waals surface area contributed by atoms with E-state index in [4.69, 9.17) is 0 Å². The minimum absolute atomic E-state index is 0.522. The summed E-state index contributed by atoms with van der Waals surface area (Å²) in [7, 11) is 2.07. The summed E-state index contributed by atoms with van der Waals surface area (Å²) in [4.78, 5) is 4.26. The van der Waals surface area contributed by atoms with Gasteiger partial charge in [0.05, 0.1) is 0 Å². The highest BCUT2D eigenvalue weighted by molar-refractivity contribution is 5.20.